The molecular formula is C24H36O36. The highest BCUT2D eigenvalue weighted by atomic mass is 16.5. The Morgan fingerprint density at radius 2 is 0.183 bits per heavy atom. The summed E-state index contributed by atoms with van der Waals surface area (Å²) in [6.07, 6.45) is -27.2. The van der Waals surface area contributed by atoms with E-state index in [1.54, 1.807) is 0 Å². The maximum absolute atomic E-state index is 9.77. The van der Waals surface area contributed by atoms with Crippen LogP contribution in [0.2, 0.25) is 0 Å². The minimum Gasteiger partial charge on any atom is -0.479 e. The Hall–Kier alpha value is -6.84. The molecule has 0 aromatic carbocycles. The van der Waals surface area contributed by atoms with Crippen LogP contribution in [0.15, 0.2) is 0 Å². The van der Waals surface area contributed by atoms with Crippen molar-refractivity contribution in [3.63, 3.8) is 0 Å². The third-order valence-corrected chi connectivity index (χ3v) is 4.83. The molecule has 36 heteroatoms. The van der Waals surface area contributed by atoms with Crippen molar-refractivity contribution in [3.05, 3.63) is 0 Å². The molecule has 348 valence electrons. The van der Waals surface area contributed by atoms with Gasteiger partial charge in [0.05, 0.1) is 0 Å². The molecule has 12 atom stereocenters. The standard InChI is InChI=1S/6C4H6O6/c6*5-1(3(7)8)2(6)4(9)10/h6*1-2,5-6H,(H,7,8)(H,9,10). The second-order valence-corrected chi connectivity index (χ2v) is 9.40. The quantitative estimate of drug-likeness (QED) is 0.0607. The molecule has 0 aliphatic heterocycles. The highest BCUT2D eigenvalue weighted by Gasteiger charge is 2.33. The molecule has 0 amide bonds. The van der Waals surface area contributed by atoms with E-state index < -0.39 is 145 Å². The summed E-state index contributed by atoms with van der Waals surface area (Å²) in [6, 6.07) is 0. The fraction of sp³-hybridized carbons (Fsp3) is 0.500. The van der Waals surface area contributed by atoms with Gasteiger partial charge < -0.3 is 123 Å². The summed E-state index contributed by atoms with van der Waals surface area (Å²) >= 11 is 0. The Labute approximate surface area is 325 Å². The van der Waals surface area contributed by atoms with Gasteiger partial charge in [-0.15, -0.1) is 0 Å². The van der Waals surface area contributed by atoms with Crippen LogP contribution in [-0.2, 0) is 57.5 Å². The van der Waals surface area contributed by atoms with Crippen LogP contribution in [0, 0.1) is 0 Å². The lowest BCUT2D eigenvalue weighted by Gasteiger charge is -2.07. The molecule has 0 aromatic heterocycles. The molecule has 0 heterocycles. The van der Waals surface area contributed by atoms with Gasteiger partial charge in [-0.1, -0.05) is 0 Å². The summed E-state index contributed by atoms with van der Waals surface area (Å²) in [4.78, 5) is 117. The zero-order chi connectivity index (χ0) is 49.9. The Balaban J connectivity index is -0.000000146. The number of hydrogen-bond acceptors (Lipinski definition) is 24. The smallest absolute Gasteiger partial charge is 0.335 e. The van der Waals surface area contributed by atoms with Gasteiger partial charge >= 0.3 is 71.6 Å². The summed E-state index contributed by atoms with van der Waals surface area (Å²) in [5.41, 5.74) is 0. The molecule has 0 aliphatic rings. The highest BCUT2D eigenvalue weighted by Crippen LogP contribution is 1.96. The van der Waals surface area contributed by atoms with Crippen molar-refractivity contribution in [1.82, 2.24) is 0 Å². The number of aliphatic hydroxyl groups is 12. The van der Waals surface area contributed by atoms with Crippen LogP contribution in [-0.4, -0.2) is 267 Å². The first-order valence-corrected chi connectivity index (χ1v) is 13.7. The Bertz CT molecular complexity index is 1080. The molecule has 0 saturated carbocycles. The predicted octanol–water partition coefficient (Wildman–Crippen LogP) is -12.7. The number of carbonyl (C=O) groups is 12. The Morgan fingerprint density at radius 3 is 0.200 bits per heavy atom. The van der Waals surface area contributed by atoms with Gasteiger partial charge in [0.1, 0.15) is 0 Å². The van der Waals surface area contributed by atoms with Gasteiger partial charge in [-0.05, 0) is 0 Å². The molecule has 0 radical (unpaired) electrons. The van der Waals surface area contributed by atoms with Gasteiger partial charge in [0.2, 0.25) is 0 Å². The summed E-state index contributed by atoms with van der Waals surface area (Å²) in [6.45, 7) is 0. The highest BCUT2D eigenvalue weighted by molar-refractivity contribution is 5.85. The lowest BCUT2D eigenvalue weighted by Crippen LogP contribution is -2.39. The van der Waals surface area contributed by atoms with Crippen LogP contribution in [0.4, 0.5) is 0 Å². The molecule has 12 unspecified atom stereocenters. The second kappa shape index (κ2) is 32.2. The van der Waals surface area contributed by atoms with E-state index in [1.165, 1.54) is 0 Å². The van der Waals surface area contributed by atoms with Gasteiger partial charge in [-0.25, -0.2) is 57.5 Å². The Kier molecular flexibility index (Phi) is 34.8. The Morgan fingerprint density at radius 1 is 0.150 bits per heavy atom. The maximum atomic E-state index is 9.77. The lowest BCUT2D eigenvalue weighted by atomic mass is 10.2. The third-order valence-electron chi connectivity index (χ3n) is 4.83. The van der Waals surface area contributed by atoms with E-state index in [0.29, 0.717) is 0 Å². The summed E-state index contributed by atoms with van der Waals surface area (Å²) in [7, 11) is 0. The van der Waals surface area contributed by atoms with Crippen LogP contribution >= 0.6 is 0 Å². The molecular weight excluding hydrogens is 864 g/mol. The molecule has 0 aromatic rings. The van der Waals surface area contributed by atoms with Crippen LogP contribution in [0.25, 0.3) is 0 Å². The van der Waals surface area contributed by atoms with Crippen molar-refractivity contribution in [3.8, 4) is 0 Å². The van der Waals surface area contributed by atoms with Crippen LogP contribution in [0.5, 0.6) is 0 Å². The second-order valence-electron chi connectivity index (χ2n) is 9.40. The monoisotopic (exact) mass is 900 g/mol. The molecule has 0 spiro atoms. The van der Waals surface area contributed by atoms with E-state index >= 15 is 0 Å². The van der Waals surface area contributed by atoms with Crippen LogP contribution in [0.3, 0.4) is 0 Å². The van der Waals surface area contributed by atoms with Crippen molar-refractivity contribution in [1.29, 1.82) is 0 Å². The molecule has 0 fully saturated rings. The number of aliphatic hydroxyl groups excluding tert-OH is 12. The third kappa shape index (κ3) is 30.3. The van der Waals surface area contributed by atoms with E-state index in [-0.39, 0.29) is 0 Å². The van der Waals surface area contributed by atoms with Gasteiger partial charge in [0.15, 0.2) is 73.2 Å². The number of hydrogen-bond donors (Lipinski definition) is 24. The fourth-order valence-electron chi connectivity index (χ4n) is 1.62. The molecule has 0 rings (SSSR count). The number of rotatable bonds is 18. The zero-order valence-corrected chi connectivity index (χ0v) is 28.6. The minimum atomic E-state index is -2.27. The molecule has 24 N–H and O–H groups in total. The summed E-state index contributed by atoms with van der Waals surface area (Å²) in [5.74, 6) is -21.2. The van der Waals surface area contributed by atoms with Gasteiger partial charge in [0, 0.05) is 0 Å². The van der Waals surface area contributed by atoms with E-state index in [2.05, 4.69) is 0 Å². The molecule has 36 nitrogen and oxygen atoms in total. The first-order chi connectivity index (χ1) is 26.8. The molecule has 0 aliphatic carbocycles. The van der Waals surface area contributed by atoms with Crippen LogP contribution in [0.1, 0.15) is 0 Å². The first kappa shape index (κ1) is 65.0. The average molecular weight is 901 g/mol. The summed E-state index contributed by atoms with van der Waals surface area (Å²) < 4.78 is 0. The number of aliphatic carboxylic acids is 12. The van der Waals surface area contributed by atoms with Gasteiger partial charge in [-0.3, -0.25) is 0 Å². The zero-order valence-electron chi connectivity index (χ0n) is 28.6. The van der Waals surface area contributed by atoms with Crippen LogP contribution < -0.4 is 0 Å². The molecule has 0 saturated heterocycles. The SMILES string of the molecule is O=C(O)C(O)C(O)C(=O)O.O=C(O)C(O)C(O)C(=O)O.O=C(O)C(O)C(O)C(=O)O.O=C(O)C(O)C(O)C(=O)O.O=C(O)C(O)C(O)C(=O)O.O=C(O)C(O)C(O)C(=O)O. The van der Waals surface area contributed by atoms with E-state index in [1.807, 2.05) is 0 Å². The predicted molar refractivity (Wildman–Crippen MR) is 164 cm³/mol. The summed E-state index contributed by atoms with van der Waals surface area (Å²) in [5, 5.41) is 195. The largest absolute Gasteiger partial charge is 0.479 e. The number of carboxylic acid groups (broad SMARTS) is 12. The van der Waals surface area contributed by atoms with Gasteiger partial charge in [-0.2, -0.15) is 0 Å². The fourth-order valence-corrected chi connectivity index (χ4v) is 1.62. The van der Waals surface area contributed by atoms with Crippen molar-refractivity contribution in [2.75, 3.05) is 0 Å². The minimum absolute atomic E-state index is 1.77. The molecule has 0 bridgehead atoms. The topological polar surface area (TPSA) is 690 Å². The van der Waals surface area contributed by atoms with Crippen molar-refractivity contribution < 1.29 is 180 Å². The van der Waals surface area contributed by atoms with Gasteiger partial charge in [0.25, 0.3) is 0 Å². The van der Waals surface area contributed by atoms with Crippen molar-refractivity contribution in [2.24, 2.45) is 0 Å². The normalized spacial score (nSPS) is 15.8. The maximum Gasteiger partial charge on any atom is 0.335 e. The average Bonchev–Trinajstić information content (AvgIpc) is 3.14. The lowest BCUT2D eigenvalue weighted by molar-refractivity contribution is -0.165. The first-order valence-electron chi connectivity index (χ1n) is 13.7. The van der Waals surface area contributed by atoms with Crippen molar-refractivity contribution in [2.45, 2.75) is 73.2 Å². The molecule has 60 heavy (non-hydrogen) atoms. The number of carboxylic acids is 12. The van der Waals surface area contributed by atoms with E-state index in [9.17, 15) is 57.5 Å². The van der Waals surface area contributed by atoms with Crippen molar-refractivity contribution >= 4 is 71.6 Å². The van der Waals surface area contributed by atoms with E-state index in [4.69, 9.17) is 123 Å². The van der Waals surface area contributed by atoms with E-state index in [0.717, 1.165) is 0 Å².